The zero-order valence-corrected chi connectivity index (χ0v) is 18.8. The monoisotopic (exact) mass is 377 g/mol. The molecular formula is C22H39NO2Si. The molecule has 1 heterocycles. The molecule has 0 amide bonds. The van der Waals surface area contributed by atoms with Crippen LogP contribution in [0.25, 0.3) is 0 Å². The first kappa shape index (κ1) is 21.6. The van der Waals surface area contributed by atoms with Gasteiger partial charge in [0.05, 0.1) is 12.2 Å². The molecule has 3 atom stereocenters. The van der Waals surface area contributed by atoms with Crippen molar-refractivity contribution in [3.05, 3.63) is 35.4 Å². The van der Waals surface area contributed by atoms with Crippen LogP contribution in [-0.4, -0.2) is 38.7 Å². The summed E-state index contributed by atoms with van der Waals surface area (Å²) in [7, 11) is -1.99. The van der Waals surface area contributed by atoms with Crippen molar-refractivity contribution in [3.63, 3.8) is 0 Å². The summed E-state index contributed by atoms with van der Waals surface area (Å²) in [6, 6.07) is 8.77. The Labute approximate surface area is 161 Å². The lowest BCUT2D eigenvalue weighted by atomic mass is 9.85. The maximum Gasteiger partial charge on any atom is 0.200 e. The molecule has 1 aliphatic heterocycles. The van der Waals surface area contributed by atoms with Gasteiger partial charge in [-0.05, 0) is 34.2 Å². The van der Waals surface area contributed by atoms with Crippen molar-refractivity contribution in [1.29, 1.82) is 0 Å². The van der Waals surface area contributed by atoms with Crippen molar-refractivity contribution in [2.75, 3.05) is 13.1 Å². The molecule has 0 aliphatic carbocycles. The van der Waals surface area contributed by atoms with Gasteiger partial charge in [-0.2, -0.15) is 0 Å². The third-order valence-corrected chi connectivity index (χ3v) is 12.5. The Balaban J connectivity index is 2.36. The summed E-state index contributed by atoms with van der Waals surface area (Å²) in [4.78, 5) is 0. The van der Waals surface area contributed by atoms with Crippen molar-refractivity contribution in [2.45, 2.75) is 89.6 Å². The molecule has 0 bridgehead atoms. The first-order valence-corrected chi connectivity index (χ1v) is 12.5. The summed E-state index contributed by atoms with van der Waals surface area (Å²) in [6.07, 6.45) is 0.670. The van der Waals surface area contributed by atoms with Gasteiger partial charge >= 0.3 is 0 Å². The summed E-state index contributed by atoms with van der Waals surface area (Å²) in [5, 5.41) is 14.2. The summed E-state index contributed by atoms with van der Waals surface area (Å²) in [5.74, 6) is 0.0466. The van der Waals surface area contributed by atoms with Gasteiger partial charge in [-0.3, -0.25) is 0 Å². The highest BCUT2D eigenvalue weighted by atomic mass is 28.4. The van der Waals surface area contributed by atoms with E-state index in [1.54, 1.807) is 0 Å². The lowest BCUT2D eigenvalue weighted by Gasteiger charge is -2.48. The second-order valence-electron chi connectivity index (χ2n) is 8.82. The van der Waals surface area contributed by atoms with Crippen LogP contribution in [0.3, 0.4) is 0 Å². The summed E-state index contributed by atoms with van der Waals surface area (Å²) < 4.78 is 7.07. The molecular weight excluding hydrogens is 338 g/mol. The zero-order valence-electron chi connectivity index (χ0n) is 17.8. The van der Waals surface area contributed by atoms with Gasteiger partial charge in [-0.15, -0.1) is 0 Å². The van der Waals surface area contributed by atoms with Crippen LogP contribution in [0.2, 0.25) is 16.6 Å². The van der Waals surface area contributed by atoms with Crippen LogP contribution in [0.1, 0.15) is 65.5 Å². The van der Waals surface area contributed by atoms with Gasteiger partial charge in [0.1, 0.15) is 0 Å². The third-order valence-electron chi connectivity index (χ3n) is 6.35. The van der Waals surface area contributed by atoms with E-state index in [1.165, 1.54) is 11.1 Å². The number of β-amino-alcohol motifs (C(OH)–C–C–N with tert-alkyl or cyclic N) is 1. The van der Waals surface area contributed by atoms with E-state index in [-0.39, 0.29) is 12.0 Å². The molecule has 3 unspecified atom stereocenters. The molecule has 0 saturated carbocycles. The lowest BCUT2D eigenvalue weighted by Crippen LogP contribution is -2.57. The number of nitrogens with one attached hydrogen (secondary N) is 1. The highest BCUT2D eigenvalue weighted by Gasteiger charge is 2.49. The van der Waals surface area contributed by atoms with E-state index in [9.17, 15) is 5.11 Å². The maximum atomic E-state index is 10.8. The van der Waals surface area contributed by atoms with Crippen molar-refractivity contribution in [2.24, 2.45) is 0 Å². The van der Waals surface area contributed by atoms with Crippen LogP contribution < -0.4 is 5.32 Å². The smallest absolute Gasteiger partial charge is 0.200 e. The molecule has 1 aromatic carbocycles. The topological polar surface area (TPSA) is 41.5 Å². The molecule has 3 nitrogen and oxygen atoms in total. The highest BCUT2D eigenvalue weighted by molar-refractivity contribution is 6.77. The van der Waals surface area contributed by atoms with Gasteiger partial charge in [0.2, 0.25) is 8.32 Å². The Morgan fingerprint density at radius 1 is 1.00 bits per heavy atom. The molecule has 2 rings (SSSR count). The Morgan fingerprint density at radius 2 is 1.54 bits per heavy atom. The first-order chi connectivity index (χ1) is 12.2. The zero-order chi connectivity index (χ0) is 19.5. The molecule has 2 N–H and O–H groups in total. The average molecular weight is 378 g/mol. The van der Waals surface area contributed by atoms with Crippen LogP contribution in [0, 0.1) is 0 Å². The van der Waals surface area contributed by atoms with Crippen LogP contribution in [0.5, 0.6) is 0 Å². The van der Waals surface area contributed by atoms with E-state index in [1.807, 2.05) is 0 Å². The Morgan fingerprint density at radius 3 is 2.00 bits per heavy atom. The number of aliphatic hydroxyl groups excluding tert-OH is 1. The minimum Gasteiger partial charge on any atom is -0.411 e. The van der Waals surface area contributed by atoms with E-state index in [0.29, 0.717) is 23.2 Å². The molecule has 4 heteroatoms. The Kier molecular flexibility index (Phi) is 7.49. The number of hydrogen-bond acceptors (Lipinski definition) is 3. The van der Waals surface area contributed by atoms with E-state index in [2.05, 4.69) is 78.0 Å². The number of benzene rings is 1. The average Bonchev–Trinajstić information content (AvgIpc) is 2.59. The van der Waals surface area contributed by atoms with Gasteiger partial charge in [-0.25, -0.2) is 0 Å². The Hall–Kier alpha value is -0.683. The standard InChI is InChI=1S/C22H39NO2Si/c1-8-18-9-11-19(12-10-18)22-20(24)13-23-14-21(22)25-26(15(2)3,16(4)5)17(6)7/h9-12,15-17,20-24H,8,13-14H2,1-7H3. The van der Waals surface area contributed by atoms with E-state index >= 15 is 0 Å². The number of aliphatic hydroxyl groups is 1. The second kappa shape index (κ2) is 9.00. The Bertz CT molecular complexity index is 534. The molecule has 1 aliphatic rings. The number of hydrogen-bond donors (Lipinski definition) is 2. The van der Waals surface area contributed by atoms with E-state index in [0.717, 1.165) is 13.0 Å². The molecule has 148 valence electrons. The van der Waals surface area contributed by atoms with Crippen molar-refractivity contribution < 1.29 is 9.53 Å². The molecule has 0 aromatic heterocycles. The van der Waals surface area contributed by atoms with E-state index < -0.39 is 14.4 Å². The first-order valence-electron chi connectivity index (χ1n) is 10.4. The fourth-order valence-electron chi connectivity index (χ4n) is 5.07. The van der Waals surface area contributed by atoms with Gasteiger partial charge in [0.15, 0.2) is 0 Å². The van der Waals surface area contributed by atoms with Crippen LogP contribution in [-0.2, 0) is 10.8 Å². The van der Waals surface area contributed by atoms with Gasteiger partial charge in [0.25, 0.3) is 0 Å². The van der Waals surface area contributed by atoms with Crippen molar-refractivity contribution >= 4 is 8.32 Å². The minimum absolute atomic E-state index is 0.0325. The molecule has 1 aromatic rings. The van der Waals surface area contributed by atoms with Crippen LogP contribution in [0.15, 0.2) is 24.3 Å². The summed E-state index contributed by atoms with van der Waals surface area (Å²) in [6.45, 7) is 17.6. The normalized spacial score (nSPS) is 24.7. The van der Waals surface area contributed by atoms with Gasteiger partial charge in [-0.1, -0.05) is 72.7 Å². The fraction of sp³-hybridized carbons (Fsp3) is 0.727. The van der Waals surface area contributed by atoms with Crippen LogP contribution >= 0.6 is 0 Å². The second-order valence-corrected chi connectivity index (χ2v) is 14.2. The summed E-state index contributed by atoms with van der Waals surface area (Å²) >= 11 is 0. The molecule has 0 radical (unpaired) electrons. The van der Waals surface area contributed by atoms with Gasteiger partial charge < -0.3 is 14.8 Å². The molecule has 1 saturated heterocycles. The summed E-state index contributed by atoms with van der Waals surface area (Å²) in [5.41, 5.74) is 4.18. The number of rotatable bonds is 7. The fourth-order valence-corrected chi connectivity index (χ4v) is 10.6. The predicted molar refractivity (Wildman–Crippen MR) is 113 cm³/mol. The van der Waals surface area contributed by atoms with E-state index in [4.69, 9.17) is 4.43 Å². The van der Waals surface area contributed by atoms with Gasteiger partial charge in [0, 0.05) is 19.0 Å². The third kappa shape index (κ3) is 4.24. The number of piperidine rings is 1. The van der Waals surface area contributed by atoms with Crippen molar-refractivity contribution in [3.8, 4) is 0 Å². The minimum atomic E-state index is -1.99. The quantitative estimate of drug-likeness (QED) is 0.667. The van der Waals surface area contributed by atoms with Crippen LogP contribution in [0.4, 0.5) is 0 Å². The molecule has 26 heavy (non-hydrogen) atoms. The highest BCUT2D eigenvalue weighted by Crippen LogP contribution is 2.45. The number of aryl methyl sites for hydroxylation is 1. The molecule has 1 fully saturated rings. The molecule has 0 spiro atoms. The SMILES string of the molecule is CCc1ccc(C2C(O)CNCC2O[Si](C(C)C)(C(C)C)C(C)C)cc1. The van der Waals surface area contributed by atoms with Crippen molar-refractivity contribution in [1.82, 2.24) is 5.32 Å². The maximum absolute atomic E-state index is 10.8. The predicted octanol–water partition coefficient (Wildman–Crippen LogP) is 4.86. The largest absolute Gasteiger partial charge is 0.411 e. The lowest BCUT2D eigenvalue weighted by molar-refractivity contribution is 0.0304.